The summed E-state index contributed by atoms with van der Waals surface area (Å²) in [5, 5.41) is 18.5. The number of nitrogens with one attached hydrogen (secondary N) is 2. The highest BCUT2D eigenvalue weighted by Crippen LogP contribution is 2.51. The number of fused-ring (bicyclic) bond motifs is 6. The molecule has 326 valence electrons. The monoisotopic (exact) mass is 910 g/mol. The number of nitrogens with zero attached hydrogens (tertiary/aromatic N) is 6. The van der Waals surface area contributed by atoms with E-state index < -0.39 is 11.0 Å². The molecule has 3 aromatic carbocycles. The zero-order chi connectivity index (χ0) is 43.5. The quantitative estimate of drug-likeness (QED) is 0.0626. The number of non-ortho nitro benzene ring substituents is 1. The highest BCUT2D eigenvalue weighted by Gasteiger charge is 2.56. The van der Waals surface area contributed by atoms with Gasteiger partial charge >= 0.3 is 12.1 Å². The van der Waals surface area contributed by atoms with Crippen molar-refractivity contribution in [1.82, 2.24) is 19.8 Å². The number of rotatable bonds is 16. The second-order valence-corrected chi connectivity index (χ2v) is 17.3. The van der Waals surface area contributed by atoms with Gasteiger partial charge in [0, 0.05) is 40.6 Å². The molecule has 5 amide bonds. The number of carbonyl (C=O) groups is 3. The smallest absolute Gasteiger partial charge is 0.329 e. The predicted octanol–water partition coefficient (Wildman–Crippen LogP) is 8.89. The van der Waals surface area contributed by atoms with Crippen LogP contribution in [0, 0.1) is 29.9 Å². The Hall–Kier alpha value is -5.81. The molecule has 0 spiro atoms. The zero-order valence-electron chi connectivity index (χ0n) is 34.9. The van der Waals surface area contributed by atoms with Crippen LogP contribution in [0.1, 0.15) is 69.0 Å². The first-order valence-electron chi connectivity index (χ1n) is 21.3. The Morgan fingerprint density at radius 2 is 1.82 bits per heavy atom. The molecule has 3 saturated heterocycles. The van der Waals surface area contributed by atoms with Crippen LogP contribution in [0.15, 0.2) is 71.6 Å². The van der Waals surface area contributed by atoms with Gasteiger partial charge < -0.3 is 29.3 Å². The number of hydrogen-bond donors (Lipinski definition) is 2. The summed E-state index contributed by atoms with van der Waals surface area (Å²) in [6.45, 7) is 10.1. The van der Waals surface area contributed by atoms with Crippen LogP contribution < -0.4 is 25.0 Å². The number of benzene rings is 3. The van der Waals surface area contributed by atoms with E-state index in [1.165, 1.54) is 12.3 Å². The van der Waals surface area contributed by atoms with E-state index in [2.05, 4.69) is 43.1 Å². The molecule has 3 aliphatic heterocycles. The van der Waals surface area contributed by atoms with Crippen molar-refractivity contribution in [3.8, 4) is 11.5 Å². The van der Waals surface area contributed by atoms with E-state index in [4.69, 9.17) is 14.2 Å². The third-order valence-electron chi connectivity index (χ3n) is 12.3. The number of nitro benzene ring substituents is 1. The third-order valence-corrected chi connectivity index (χ3v) is 13.1. The maximum absolute atomic E-state index is 13.7. The molecule has 4 aromatic rings. The fraction of sp³-hybridized carbons (Fsp3) is 0.444. The molecule has 16 nitrogen and oxygen atoms in total. The second-order valence-electron chi connectivity index (χ2n) is 16.5. The summed E-state index contributed by atoms with van der Waals surface area (Å²) in [6, 6.07) is 11.6. The summed E-state index contributed by atoms with van der Waals surface area (Å²) in [5.74, 6) is 1.86. The lowest BCUT2D eigenvalue weighted by Gasteiger charge is -2.33. The molecule has 17 heteroatoms. The SMILES string of the molecule is C=C1[C@H]2[C@H]3CC[C@H](C3)N2C(=O)N1c1ccc([N+](=O)[O-])c2ccc(OCCCCCCCC(=O)N3CCO[C@H](COc4cc(C)c(Br)cc4NC(=O)Nc4cnc(C)cn4)C3)cc12. The minimum atomic E-state index is -0.495. The van der Waals surface area contributed by atoms with Crippen LogP contribution in [0.25, 0.3) is 10.8 Å². The first-order chi connectivity index (χ1) is 29.9. The van der Waals surface area contributed by atoms with Crippen molar-refractivity contribution in [1.29, 1.82) is 0 Å². The summed E-state index contributed by atoms with van der Waals surface area (Å²) in [7, 11) is 0. The summed E-state index contributed by atoms with van der Waals surface area (Å²) >= 11 is 3.53. The van der Waals surface area contributed by atoms with Crippen LogP contribution in [-0.2, 0) is 9.53 Å². The predicted molar refractivity (Wildman–Crippen MR) is 238 cm³/mol. The van der Waals surface area contributed by atoms with E-state index >= 15 is 0 Å². The average Bonchev–Trinajstić information content (AvgIpc) is 3.96. The molecule has 1 aromatic heterocycles. The molecular weight excluding hydrogens is 860 g/mol. The van der Waals surface area contributed by atoms with Gasteiger partial charge in [-0.05, 0) is 93.8 Å². The summed E-state index contributed by atoms with van der Waals surface area (Å²) in [6.07, 6.45) is 10.6. The van der Waals surface area contributed by atoms with E-state index in [0.29, 0.717) is 78.1 Å². The summed E-state index contributed by atoms with van der Waals surface area (Å²) < 4.78 is 19.0. The van der Waals surface area contributed by atoms with Crippen molar-refractivity contribution in [2.24, 2.45) is 5.92 Å². The van der Waals surface area contributed by atoms with Gasteiger partial charge in [-0.3, -0.25) is 30.1 Å². The maximum atomic E-state index is 13.7. The Kier molecular flexibility index (Phi) is 12.9. The average molecular weight is 912 g/mol. The molecule has 4 fully saturated rings. The standard InChI is InChI=1S/C45H51BrN8O8/c1-27-19-40(37(22-36(27)46)49-44(56)50-41-24-47-28(2)23-48-41)62-26-33-25-51(16-18-61-33)42(55)9-7-5-4-6-8-17-60-32-12-13-34-35(21-32)38(14-15-39(34)54(58)59)52-29(3)43-30-10-11-31(20-30)53(43)45(52)57/h12-15,19,21-24,30-31,33,43H,3-11,16-18,20,25-26H2,1-2H3,(H2,48,49,50,56)/t30-,31+,33-,43-/m0/s1. The van der Waals surface area contributed by atoms with Crippen LogP contribution in [0.2, 0.25) is 0 Å². The molecular formula is C45H51BrN8O8. The van der Waals surface area contributed by atoms with Crippen LogP contribution >= 0.6 is 15.9 Å². The van der Waals surface area contributed by atoms with E-state index in [-0.39, 0.29) is 42.4 Å². The topological polar surface area (TPSA) is 182 Å². The van der Waals surface area contributed by atoms with Crippen molar-refractivity contribution in [2.75, 3.05) is 48.4 Å². The number of urea groups is 2. The zero-order valence-corrected chi connectivity index (χ0v) is 36.5. The fourth-order valence-electron chi connectivity index (χ4n) is 9.15. The van der Waals surface area contributed by atoms with Crippen LogP contribution in [0.4, 0.5) is 32.5 Å². The van der Waals surface area contributed by atoms with Crippen LogP contribution in [0.3, 0.4) is 0 Å². The van der Waals surface area contributed by atoms with Gasteiger partial charge in [-0.25, -0.2) is 14.6 Å². The molecule has 0 unspecified atom stereocenters. The van der Waals surface area contributed by atoms with Crippen molar-refractivity contribution in [3.63, 3.8) is 0 Å². The van der Waals surface area contributed by atoms with E-state index in [1.54, 1.807) is 41.4 Å². The molecule has 1 aliphatic carbocycles. The largest absolute Gasteiger partial charge is 0.494 e. The van der Waals surface area contributed by atoms with Crippen molar-refractivity contribution < 1.29 is 33.5 Å². The van der Waals surface area contributed by atoms with Crippen molar-refractivity contribution in [2.45, 2.75) is 89.8 Å². The molecule has 0 radical (unpaired) electrons. The number of halogens is 1. The Morgan fingerprint density at radius 1 is 1.00 bits per heavy atom. The Bertz CT molecular complexity index is 2350. The second kappa shape index (κ2) is 18.7. The molecule has 1 saturated carbocycles. The third kappa shape index (κ3) is 9.19. The van der Waals surface area contributed by atoms with E-state index in [1.807, 2.05) is 29.7 Å². The summed E-state index contributed by atoms with van der Waals surface area (Å²) in [5.41, 5.74) is 3.42. The van der Waals surface area contributed by atoms with Gasteiger partial charge in [0.1, 0.15) is 24.2 Å². The lowest BCUT2D eigenvalue weighted by Crippen LogP contribution is -2.47. The number of aromatic nitrogens is 2. The number of hydrogen-bond acceptors (Lipinski definition) is 10. The molecule has 4 atom stereocenters. The highest BCUT2D eigenvalue weighted by atomic mass is 79.9. The molecule has 8 rings (SSSR count). The molecule has 2 N–H and O–H groups in total. The first-order valence-corrected chi connectivity index (χ1v) is 22.1. The maximum Gasteiger partial charge on any atom is 0.329 e. The number of anilines is 3. The van der Waals surface area contributed by atoms with E-state index in [9.17, 15) is 24.5 Å². The van der Waals surface area contributed by atoms with Crippen LogP contribution in [-0.4, -0.2) is 93.8 Å². The van der Waals surface area contributed by atoms with Crippen LogP contribution in [0.5, 0.6) is 11.5 Å². The number of amides is 5. The Morgan fingerprint density at radius 3 is 2.61 bits per heavy atom. The number of morpholine rings is 1. The number of ether oxygens (including phenoxy) is 3. The van der Waals surface area contributed by atoms with Gasteiger partial charge in [0.25, 0.3) is 5.69 Å². The number of unbranched alkanes of at least 4 members (excludes halogenated alkanes) is 4. The number of piperidine rings is 1. The van der Waals surface area contributed by atoms with Gasteiger partial charge in [0.15, 0.2) is 5.82 Å². The van der Waals surface area contributed by atoms with Crippen molar-refractivity contribution >= 4 is 67.6 Å². The van der Waals surface area contributed by atoms with Gasteiger partial charge in [-0.1, -0.05) is 41.8 Å². The van der Waals surface area contributed by atoms with Crippen molar-refractivity contribution in [3.05, 3.63) is 93.0 Å². The van der Waals surface area contributed by atoms with Gasteiger partial charge in [-0.2, -0.15) is 0 Å². The molecule has 4 aliphatic rings. The normalized spacial score (nSPS) is 20.5. The minimum absolute atomic E-state index is 0.0158. The number of carbonyl (C=O) groups excluding carboxylic acids is 3. The van der Waals surface area contributed by atoms with Gasteiger partial charge in [0.05, 0.1) is 65.6 Å². The number of nitro groups is 1. The van der Waals surface area contributed by atoms with Gasteiger partial charge in [0.2, 0.25) is 5.91 Å². The molecule has 4 heterocycles. The fourth-order valence-corrected chi connectivity index (χ4v) is 9.49. The lowest BCUT2D eigenvalue weighted by molar-refractivity contribution is -0.383. The number of aryl methyl sites for hydroxylation is 2. The molecule has 2 bridgehead atoms. The lowest BCUT2D eigenvalue weighted by atomic mass is 9.97. The van der Waals surface area contributed by atoms with Gasteiger partial charge in [-0.15, -0.1) is 0 Å². The highest BCUT2D eigenvalue weighted by molar-refractivity contribution is 9.10. The Balaban J connectivity index is 0.770. The summed E-state index contributed by atoms with van der Waals surface area (Å²) in [4.78, 5) is 65.0. The van der Waals surface area contributed by atoms with E-state index in [0.717, 1.165) is 72.8 Å². The molecule has 62 heavy (non-hydrogen) atoms. The minimum Gasteiger partial charge on any atom is -0.494 e. The Labute approximate surface area is 368 Å². The first kappa shape index (κ1) is 42.9.